The molecule has 0 aromatic rings. The van der Waals surface area contributed by atoms with Gasteiger partial charge >= 0.3 is 0 Å². The molecule has 0 fully saturated rings. The van der Waals surface area contributed by atoms with Crippen molar-refractivity contribution in [2.45, 2.75) is 31.8 Å². The van der Waals surface area contributed by atoms with Crippen LogP contribution in [0.15, 0.2) is 5.11 Å². The van der Waals surface area contributed by atoms with Gasteiger partial charge in [0.15, 0.2) is 0 Å². The first-order valence-electron chi connectivity index (χ1n) is 4.82. The van der Waals surface area contributed by atoms with Crippen LogP contribution in [0.3, 0.4) is 0 Å². The minimum atomic E-state index is -3.09. The van der Waals surface area contributed by atoms with E-state index in [1.807, 2.05) is 0 Å². The third-order valence-electron chi connectivity index (χ3n) is 1.85. The summed E-state index contributed by atoms with van der Waals surface area (Å²) in [6.07, 6.45) is 3.16. The highest BCUT2D eigenvalue weighted by Gasteiger charge is 2.11. The van der Waals surface area contributed by atoms with E-state index in [9.17, 15) is 13.5 Å². The third-order valence-corrected chi connectivity index (χ3v) is 2.84. The number of hydrogen-bond acceptors (Lipinski definition) is 4. The van der Waals surface area contributed by atoms with Crippen LogP contribution in [-0.2, 0) is 9.84 Å². The lowest BCUT2D eigenvalue weighted by Gasteiger charge is -2.08. The van der Waals surface area contributed by atoms with Crippen molar-refractivity contribution in [3.05, 3.63) is 10.4 Å². The summed E-state index contributed by atoms with van der Waals surface area (Å²) in [6.45, 7) is 0.457. The first-order chi connectivity index (χ1) is 6.95. The number of sulfone groups is 1. The first kappa shape index (κ1) is 14.2. The maximum atomic E-state index is 10.8. The van der Waals surface area contributed by atoms with Crippen LogP contribution in [0.2, 0.25) is 0 Å². The molecule has 1 unspecified atom stereocenters. The van der Waals surface area contributed by atoms with Gasteiger partial charge in [-0.2, -0.15) is 0 Å². The van der Waals surface area contributed by atoms with Gasteiger partial charge in [-0.15, -0.1) is 0 Å². The molecule has 0 aliphatic carbocycles. The molecular formula is C8H17N3O3S. The quantitative estimate of drug-likeness (QED) is 0.296. The Morgan fingerprint density at radius 3 is 2.60 bits per heavy atom. The number of aliphatic hydroxyl groups is 1. The normalized spacial score (nSPS) is 13.2. The van der Waals surface area contributed by atoms with Crippen LogP contribution in [0, 0.1) is 0 Å². The Kier molecular flexibility index (Phi) is 7.11. The van der Waals surface area contributed by atoms with E-state index in [4.69, 9.17) is 5.53 Å². The van der Waals surface area contributed by atoms with Gasteiger partial charge in [0, 0.05) is 17.7 Å². The summed E-state index contributed by atoms with van der Waals surface area (Å²) in [5, 5.41) is 12.7. The predicted molar refractivity (Wildman–Crippen MR) is 58.2 cm³/mol. The molecule has 0 saturated heterocycles. The SMILES string of the molecule is CS(=O)(=O)CC(O)CCCCCN=[N+]=[N-]. The lowest BCUT2D eigenvalue weighted by atomic mass is 10.1. The average molecular weight is 235 g/mol. The van der Waals surface area contributed by atoms with Gasteiger partial charge in [0.2, 0.25) is 0 Å². The van der Waals surface area contributed by atoms with E-state index in [-0.39, 0.29) is 5.75 Å². The lowest BCUT2D eigenvalue weighted by Crippen LogP contribution is -2.19. The summed E-state index contributed by atoms with van der Waals surface area (Å²) in [5.74, 6) is -0.177. The van der Waals surface area contributed by atoms with Gasteiger partial charge < -0.3 is 5.11 Å². The summed E-state index contributed by atoms with van der Waals surface area (Å²) in [7, 11) is -3.09. The molecule has 6 nitrogen and oxygen atoms in total. The molecular weight excluding hydrogens is 218 g/mol. The van der Waals surface area contributed by atoms with Crippen LogP contribution in [0.25, 0.3) is 10.4 Å². The fourth-order valence-corrected chi connectivity index (χ4v) is 2.08. The van der Waals surface area contributed by atoms with Crippen LogP contribution < -0.4 is 0 Å². The van der Waals surface area contributed by atoms with Crippen LogP contribution in [0.1, 0.15) is 25.7 Å². The van der Waals surface area contributed by atoms with Crippen molar-refractivity contribution in [3.8, 4) is 0 Å². The van der Waals surface area contributed by atoms with Crippen LogP contribution in [0.5, 0.6) is 0 Å². The molecule has 1 atom stereocenters. The smallest absolute Gasteiger partial charge is 0.149 e. The zero-order valence-corrected chi connectivity index (χ0v) is 9.65. The minimum Gasteiger partial charge on any atom is -0.392 e. The van der Waals surface area contributed by atoms with E-state index in [0.717, 1.165) is 25.5 Å². The molecule has 0 amide bonds. The topological polar surface area (TPSA) is 103 Å². The molecule has 7 heteroatoms. The summed E-state index contributed by atoms with van der Waals surface area (Å²) < 4.78 is 21.6. The number of hydrogen-bond donors (Lipinski definition) is 1. The van der Waals surface area contributed by atoms with Gasteiger partial charge in [0.25, 0.3) is 0 Å². The van der Waals surface area contributed by atoms with Crippen LogP contribution in [0.4, 0.5) is 0 Å². The number of azide groups is 1. The lowest BCUT2D eigenvalue weighted by molar-refractivity contribution is 0.183. The highest BCUT2D eigenvalue weighted by molar-refractivity contribution is 7.90. The van der Waals surface area contributed by atoms with E-state index in [1.165, 1.54) is 0 Å². The average Bonchev–Trinajstić information content (AvgIpc) is 2.08. The Hall–Kier alpha value is -0.780. The largest absolute Gasteiger partial charge is 0.392 e. The second-order valence-electron chi connectivity index (χ2n) is 3.55. The standard InChI is InChI=1S/C8H17N3O3S/c1-15(13,14)7-8(12)5-3-2-4-6-10-11-9/h8,12H,2-7H2,1H3. The van der Waals surface area contributed by atoms with E-state index in [1.54, 1.807) is 0 Å². The van der Waals surface area contributed by atoms with E-state index < -0.39 is 15.9 Å². The van der Waals surface area contributed by atoms with Crippen molar-refractivity contribution in [2.24, 2.45) is 5.11 Å². The number of aliphatic hydroxyl groups excluding tert-OH is 1. The third kappa shape index (κ3) is 11.1. The van der Waals surface area contributed by atoms with Crippen molar-refractivity contribution < 1.29 is 13.5 Å². The molecule has 0 aromatic heterocycles. The Bertz CT molecular complexity index is 309. The zero-order valence-electron chi connectivity index (χ0n) is 8.83. The van der Waals surface area contributed by atoms with Gasteiger partial charge in [-0.25, -0.2) is 8.42 Å². The molecule has 0 radical (unpaired) electrons. The summed E-state index contributed by atoms with van der Waals surface area (Å²) in [6, 6.07) is 0. The molecule has 15 heavy (non-hydrogen) atoms. The summed E-state index contributed by atoms with van der Waals surface area (Å²) in [5.41, 5.74) is 7.99. The van der Waals surface area contributed by atoms with Crippen molar-refractivity contribution >= 4 is 9.84 Å². The number of nitrogens with zero attached hydrogens (tertiary/aromatic N) is 3. The first-order valence-corrected chi connectivity index (χ1v) is 6.88. The molecule has 0 rings (SSSR count). The molecule has 88 valence electrons. The van der Waals surface area contributed by atoms with Gasteiger partial charge in [-0.05, 0) is 18.4 Å². The maximum Gasteiger partial charge on any atom is 0.149 e. The van der Waals surface area contributed by atoms with E-state index >= 15 is 0 Å². The van der Waals surface area contributed by atoms with E-state index in [2.05, 4.69) is 10.0 Å². The molecule has 0 bridgehead atoms. The molecule has 1 N–H and O–H groups in total. The Balaban J connectivity index is 3.47. The fourth-order valence-electron chi connectivity index (χ4n) is 1.22. The van der Waals surface area contributed by atoms with Crippen molar-refractivity contribution in [1.29, 1.82) is 0 Å². The molecule has 0 aromatic carbocycles. The van der Waals surface area contributed by atoms with Gasteiger partial charge in [-0.1, -0.05) is 18.0 Å². The number of unbranched alkanes of at least 4 members (excludes halogenated alkanes) is 2. The molecule has 0 saturated carbocycles. The highest BCUT2D eigenvalue weighted by Crippen LogP contribution is 2.05. The van der Waals surface area contributed by atoms with Gasteiger partial charge in [-0.3, -0.25) is 0 Å². The maximum absolute atomic E-state index is 10.8. The second-order valence-corrected chi connectivity index (χ2v) is 5.73. The van der Waals surface area contributed by atoms with Crippen LogP contribution >= 0.6 is 0 Å². The van der Waals surface area contributed by atoms with E-state index in [0.29, 0.717) is 13.0 Å². The predicted octanol–water partition coefficient (Wildman–Crippen LogP) is 1.26. The molecule has 0 heterocycles. The Morgan fingerprint density at radius 1 is 1.40 bits per heavy atom. The van der Waals surface area contributed by atoms with Crippen LogP contribution in [-0.4, -0.2) is 38.2 Å². The fraction of sp³-hybridized carbons (Fsp3) is 1.00. The van der Waals surface area contributed by atoms with Crippen molar-refractivity contribution in [2.75, 3.05) is 18.6 Å². The van der Waals surface area contributed by atoms with Crippen molar-refractivity contribution in [1.82, 2.24) is 0 Å². The molecule has 0 spiro atoms. The Morgan fingerprint density at radius 2 is 2.07 bits per heavy atom. The Labute approximate surface area is 89.8 Å². The second kappa shape index (κ2) is 7.50. The summed E-state index contributed by atoms with van der Waals surface area (Å²) in [4.78, 5) is 2.61. The highest BCUT2D eigenvalue weighted by atomic mass is 32.2. The molecule has 0 aliphatic rings. The number of rotatable bonds is 8. The van der Waals surface area contributed by atoms with Crippen molar-refractivity contribution in [3.63, 3.8) is 0 Å². The summed E-state index contributed by atoms with van der Waals surface area (Å²) >= 11 is 0. The minimum absolute atomic E-state index is 0.177. The monoisotopic (exact) mass is 235 g/mol. The van der Waals surface area contributed by atoms with Gasteiger partial charge in [0.05, 0.1) is 11.9 Å². The molecule has 0 aliphatic heterocycles. The van der Waals surface area contributed by atoms with Gasteiger partial charge in [0.1, 0.15) is 9.84 Å². The zero-order chi connectivity index (χ0) is 11.7.